The molecule has 2 N–H and O–H groups in total. The van der Waals surface area contributed by atoms with Crippen LogP contribution in [-0.4, -0.2) is 32.1 Å². The number of rotatable bonds is 5. The first kappa shape index (κ1) is 17.4. The molecule has 0 atom stereocenters. The minimum atomic E-state index is -0.570. The maximum absolute atomic E-state index is 12.0. The third-order valence-corrected chi connectivity index (χ3v) is 4.25. The summed E-state index contributed by atoms with van der Waals surface area (Å²) in [5.41, 5.74) is 1.43. The highest BCUT2D eigenvalue weighted by atomic mass is 35.5. The van der Waals surface area contributed by atoms with Gasteiger partial charge < -0.3 is 14.3 Å². The van der Waals surface area contributed by atoms with Crippen LogP contribution in [0, 0.1) is 5.41 Å². The molecule has 1 aromatic carbocycles. The second-order valence-electron chi connectivity index (χ2n) is 5.34. The molecule has 2 aromatic heterocycles. The van der Waals surface area contributed by atoms with E-state index in [0.29, 0.717) is 46.3 Å². The lowest BCUT2D eigenvalue weighted by atomic mass is 10.2. The van der Waals surface area contributed by atoms with E-state index in [-0.39, 0.29) is 11.3 Å². The summed E-state index contributed by atoms with van der Waals surface area (Å²) in [6, 6.07) is 5.24. The smallest absolute Gasteiger partial charge is 0.374 e. The van der Waals surface area contributed by atoms with Gasteiger partial charge in [-0.05, 0) is 18.6 Å². The van der Waals surface area contributed by atoms with Gasteiger partial charge in [-0.15, -0.1) is 0 Å². The van der Waals surface area contributed by atoms with Gasteiger partial charge >= 0.3 is 5.97 Å². The molecule has 0 unspecified atom stereocenters. The molecule has 7 nitrogen and oxygen atoms in total. The van der Waals surface area contributed by atoms with Gasteiger partial charge in [0.2, 0.25) is 5.82 Å². The molecule has 0 saturated carbocycles. The molecule has 9 heteroatoms. The zero-order valence-electron chi connectivity index (χ0n) is 13.3. The fourth-order valence-electron chi connectivity index (χ4n) is 2.31. The van der Waals surface area contributed by atoms with Gasteiger partial charge in [0.15, 0.2) is 11.1 Å². The van der Waals surface area contributed by atoms with Crippen molar-refractivity contribution in [2.45, 2.75) is 19.9 Å². The summed E-state index contributed by atoms with van der Waals surface area (Å²) >= 11 is 12.4. The average Bonchev–Trinajstić information content (AvgIpc) is 3.04. The van der Waals surface area contributed by atoms with Crippen LogP contribution in [0.25, 0.3) is 11.2 Å². The number of benzene rings is 1. The molecule has 0 amide bonds. The number of esters is 1. The van der Waals surface area contributed by atoms with Crippen LogP contribution < -0.4 is 5.49 Å². The van der Waals surface area contributed by atoms with Crippen molar-refractivity contribution < 1.29 is 9.53 Å². The highest BCUT2D eigenvalue weighted by Crippen LogP contribution is 2.25. The maximum Gasteiger partial charge on any atom is 0.374 e. The van der Waals surface area contributed by atoms with Crippen molar-refractivity contribution in [2.24, 2.45) is 0 Å². The summed E-state index contributed by atoms with van der Waals surface area (Å²) in [5.74, 6) is -0.538. The minimum absolute atomic E-state index is 0.0152. The Labute approximate surface area is 153 Å². The second kappa shape index (κ2) is 7.25. The van der Waals surface area contributed by atoms with Crippen LogP contribution in [0.5, 0.6) is 0 Å². The van der Waals surface area contributed by atoms with Crippen LogP contribution in [0.1, 0.15) is 29.5 Å². The summed E-state index contributed by atoms with van der Waals surface area (Å²) in [4.78, 5) is 23.1. The first-order chi connectivity index (χ1) is 12.0. The summed E-state index contributed by atoms with van der Waals surface area (Å²) in [6.45, 7) is 2.51. The van der Waals surface area contributed by atoms with Crippen LogP contribution in [0.3, 0.4) is 0 Å². The first-order valence-electron chi connectivity index (χ1n) is 7.61. The van der Waals surface area contributed by atoms with E-state index in [9.17, 15) is 4.79 Å². The zero-order valence-corrected chi connectivity index (χ0v) is 14.9. The fraction of sp³-hybridized carbons (Fsp3) is 0.250. The standard InChI is InChI=1S/C16H15Cl2N5O2/c1-2-6-25-16(24)14-21-12-13(19)20-8-23(15(12)22-14)7-9-10(17)4-3-5-11(9)18/h3-5,8,19H,2,6-7H2,1H3,(H,21,22). The van der Waals surface area contributed by atoms with E-state index in [4.69, 9.17) is 33.3 Å². The molecule has 2 heterocycles. The van der Waals surface area contributed by atoms with E-state index in [2.05, 4.69) is 15.0 Å². The van der Waals surface area contributed by atoms with Crippen LogP contribution in [-0.2, 0) is 11.3 Å². The number of H-pyrrole nitrogens is 1. The number of ether oxygens (including phenoxy) is 1. The van der Waals surface area contributed by atoms with E-state index >= 15 is 0 Å². The maximum atomic E-state index is 12.0. The van der Waals surface area contributed by atoms with E-state index < -0.39 is 5.97 Å². The van der Waals surface area contributed by atoms with Crippen molar-refractivity contribution in [1.29, 1.82) is 5.41 Å². The summed E-state index contributed by atoms with van der Waals surface area (Å²) in [6.07, 6.45) is 2.18. The lowest BCUT2D eigenvalue weighted by molar-refractivity contribution is 0.0492. The highest BCUT2D eigenvalue weighted by Gasteiger charge is 2.17. The van der Waals surface area contributed by atoms with Gasteiger partial charge in [-0.25, -0.2) is 14.8 Å². The highest BCUT2D eigenvalue weighted by molar-refractivity contribution is 6.36. The normalized spacial score (nSPS) is 11.0. The van der Waals surface area contributed by atoms with E-state index in [1.807, 2.05) is 6.92 Å². The van der Waals surface area contributed by atoms with E-state index in [1.54, 1.807) is 22.8 Å². The number of aromatic amines is 1. The molecule has 3 aromatic rings. The molecule has 3 rings (SSSR count). The molecule has 0 fully saturated rings. The van der Waals surface area contributed by atoms with Gasteiger partial charge in [0, 0.05) is 15.6 Å². The average molecular weight is 380 g/mol. The molecule has 0 spiro atoms. The van der Waals surface area contributed by atoms with Crippen LogP contribution >= 0.6 is 23.2 Å². The Hall–Kier alpha value is -2.38. The first-order valence-corrected chi connectivity index (χ1v) is 8.36. The number of hydrogen-bond acceptors (Lipinski definition) is 5. The van der Waals surface area contributed by atoms with Gasteiger partial charge in [-0.1, -0.05) is 36.2 Å². The molecule has 25 heavy (non-hydrogen) atoms. The van der Waals surface area contributed by atoms with Crippen molar-refractivity contribution in [3.8, 4) is 0 Å². The van der Waals surface area contributed by atoms with Crippen LogP contribution in [0.4, 0.5) is 0 Å². The molecule has 0 saturated heterocycles. The fourth-order valence-corrected chi connectivity index (χ4v) is 2.83. The summed E-state index contributed by atoms with van der Waals surface area (Å²) < 4.78 is 6.75. The van der Waals surface area contributed by atoms with E-state index in [0.717, 1.165) is 0 Å². The number of aromatic nitrogens is 4. The van der Waals surface area contributed by atoms with Crippen molar-refractivity contribution in [3.63, 3.8) is 0 Å². The molecule has 130 valence electrons. The number of imidazole rings is 1. The van der Waals surface area contributed by atoms with E-state index in [1.165, 1.54) is 6.33 Å². The lowest BCUT2D eigenvalue weighted by Gasteiger charge is -2.10. The number of nitrogens with zero attached hydrogens (tertiary/aromatic N) is 3. The predicted octanol–water partition coefficient (Wildman–Crippen LogP) is 3.16. The molecule has 0 aliphatic rings. The zero-order chi connectivity index (χ0) is 18.0. The van der Waals surface area contributed by atoms with Gasteiger partial charge in [0.05, 0.1) is 19.5 Å². The van der Waals surface area contributed by atoms with Gasteiger partial charge in [-0.3, -0.25) is 5.41 Å². The topological polar surface area (TPSA) is 96.7 Å². The van der Waals surface area contributed by atoms with Crippen molar-refractivity contribution in [3.05, 3.63) is 51.4 Å². The molecule has 0 aliphatic heterocycles. The largest absolute Gasteiger partial charge is 0.460 e. The molecule has 0 bridgehead atoms. The Kier molecular flexibility index (Phi) is 5.06. The SMILES string of the molecule is CCCOC(=O)c1nc2c([nH]1)c(=N)ncn2Cc1c(Cl)cccc1Cl. The second-order valence-corrected chi connectivity index (χ2v) is 6.16. The summed E-state index contributed by atoms with van der Waals surface area (Å²) in [7, 11) is 0. The van der Waals surface area contributed by atoms with Crippen molar-refractivity contribution >= 4 is 40.3 Å². The number of carbonyl (C=O) groups is 1. The van der Waals surface area contributed by atoms with Gasteiger partial charge in [-0.2, -0.15) is 0 Å². The lowest BCUT2D eigenvalue weighted by Crippen LogP contribution is -2.13. The summed E-state index contributed by atoms with van der Waals surface area (Å²) in [5, 5.41) is 8.95. The number of nitrogens with one attached hydrogen (secondary N) is 2. The Morgan fingerprint density at radius 1 is 1.36 bits per heavy atom. The molecular weight excluding hydrogens is 365 g/mol. The monoisotopic (exact) mass is 379 g/mol. The van der Waals surface area contributed by atoms with Crippen molar-refractivity contribution in [2.75, 3.05) is 6.61 Å². The number of fused-ring (bicyclic) bond motifs is 1. The third-order valence-electron chi connectivity index (χ3n) is 3.54. The third kappa shape index (κ3) is 3.52. The number of halogens is 2. The number of carbonyl (C=O) groups excluding carboxylic acids is 1. The quantitative estimate of drug-likeness (QED) is 0.665. The van der Waals surface area contributed by atoms with Gasteiger partial charge in [0.1, 0.15) is 5.52 Å². The predicted molar refractivity (Wildman–Crippen MR) is 93.9 cm³/mol. The van der Waals surface area contributed by atoms with Crippen molar-refractivity contribution in [1.82, 2.24) is 19.5 Å². The number of hydrogen-bond donors (Lipinski definition) is 2. The van der Waals surface area contributed by atoms with Gasteiger partial charge in [0.25, 0.3) is 0 Å². The Balaban J connectivity index is 2.04. The van der Waals surface area contributed by atoms with Crippen LogP contribution in [0.15, 0.2) is 24.5 Å². The Morgan fingerprint density at radius 2 is 2.08 bits per heavy atom. The van der Waals surface area contributed by atoms with Crippen LogP contribution in [0.2, 0.25) is 10.0 Å². The molecule has 0 aliphatic carbocycles. The Bertz CT molecular complexity index is 976. The molecule has 0 radical (unpaired) electrons. The Morgan fingerprint density at radius 3 is 2.76 bits per heavy atom. The minimum Gasteiger partial charge on any atom is -0.460 e. The molecular formula is C16H15Cl2N5O2.